The average Bonchev–Trinajstić information content (AvgIpc) is 2.36. The van der Waals surface area contributed by atoms with Crippen molar-refractivity contribution in [3.63, 3.8) is 0 Å². The summed E-state index contributed by atoms with van der Waals surface area (Å²) in [6.45, 7) is 5.92. The molecule has 0 spiro atoms. The Morgan fingerprint density at radius 1 is 1.05 bits per heavy atom. The van der Waals surface area contributed by atoms with Crippen LogP contribution in [0, 0.1) is 20.8 Å². The molecular formula is C16H17ClO3S. The van der Waals surface area contributed by atoms with Gasteiger partial charge in [-0.05, 0) is 43.5 Å². The van der Waals surface area contributed by atoms with Crippen LogP contribution in [0.4, 0.5) is 0 Å². The molecule has 0 N–H and O–H groups in total. The highest BCUT2D eigenvalue weighted by Gasteiger charge is 2.19. The lowest BCUT2D eigenvalue weighted by molar-refractivity contribution is 0.296. The number of aryl methyl sites for hydroxylation is 3. The number of halogens is 1. The molecule has 3 nitrogen and oxygen atoms in total. The van der Waals surface area contributed by atoms with E-state index in [2.05, 4.69) is 0 Å². The van der Waals surface area contributed by atoms with E-state index in [-0.39, 0.29) is 4.90 Å². The van der Waals surface area contributed by atoms with Crippen molar-refractivity contribution >= 4 is 19.7 Å². The Kier molecular flexibility index (Phi) is 4.59. The van der Waals surface area contributed by atoms with Gasteiger partial charge in [0.25, 0.3) is 9.05 Å². The third kappa shape index (κ3) is 3.99. The summed E-state index contributed by atoms with van der Waals surface area (Å²) in [7, 11) is 1.66. The molecule has 5 heteroatoms. The van der Waals surface area contributed by atoms with E-state index in [1.165, 1.54) is 6.07 Å². The number of rotatable bonds is 4. The zero-order valence-corrected chi connectivity index (χ0v) is 13.8. The van der Waals surface area contributed by atoms with Crippen LogP contribution < -0.4 is 4.74 Å². The van der Waals surface area contributed by atoms with Gasteiger partial charge in [-0.1, -0.05) is 35.9 Å². The first-order valence-electron chi connectivity index (χ1n) is 6.51. The van der Waals surface area contributed by atoms with Crippen molar-refractivity contribution in [2.24, 2.45) is 0 Å². The first kappa shape index (κ1) is 15.9. The Morgan fingerprint density at radius 2 is 1.76 bits per heavy atom. The maximum atomic E-state index is 11.7. The van der Waals surface area contributed by atoms with Gasteiger partial charge in [0, 0.05) is 10.7 Å². The quantitative estimate of drug-likeness (QED) is 0.795. The normalized spacial score (nSPS) is 11.4. The molecule has 2 aromatic carbocycles. The van der Waals surface area contributed by atoms with Crippen LogP contribution in [0.1, 0.15) is 22.3 Å². The summed E-state index contributed by atoms with van der Waals surface area (Å²) in [6.07, 6.45) is 0. The van der Waals surface area contributed by atoms with E-state index in [1.807, 2.05) is 51.1 Å². The molecule has 0 radical (unpaired) electrons. The van der Waals surface area contributed by atoms with Crippen molar-refractivity contribution in [3.8, 4) is 5.75 Å². The lowest BCUT2D eigenvalue weighted by Gasteiger charge is -2.14. The van der Waals surface area contributed by atoms with Gasteiger partial charge in [-0.2, -0.15) is 0 Å². The maximum absolute atomic E-state index is 11.7. The molecule has 0 amide bonds. The molecule has 21 heavy (non-hydrogen) atoms. The molecule has 0 fully saturated rings. The van der Waals surface area contributed by atoms with E-state index in [0.717, 1.165) is 22.3 Å². The van der Waals surface area contributed by atoms with Crippen LogP contribution in [0.15, 0.2) is 41.3 Å². The Morgan fingerprint density at radius 3 is 2.38 bits per heavy atom. The summed E-state index contributed by atoms with van der Waals surface area (Å²) in [4.78, 5) is 0.0225. The topological polar surface area (TPSA) is 43.4 Å². The molecule has 2 aromatic rings. The van der Waals surface area contributed by atoms with Crippen molar-refractivity contribution < 1.29 is 13.2 Å². The van der Waals surface area contributed by atoms with Crippen LogP contribution in [0.5, 0.6) is 5.75 Å². The largest absolute Gasteiger partial charge is 0.487 e. The zero-order valence-electron chi connectivity index (χ0n) is 12.2. The zero-order chi connectivity index (χ0) is 15.6. The van der Waals surface area contributed by atoms with Crippen LogP contribution in [-0.4, -0.2) is 8.42 Å². The Bertz CT molecular complexity index is 767. The lowest BCUT2D eigenvalue weighted by Crippen LogP contribution is -2.03. The lowest BCUT2D eigenvalue weighted by atomic mass is 10.1. The molecule has 0 aliphatic rings. The minimum atomic E-state index is -3.84. The Balaban J connectivity index is 2.36. The Hall–Kier alpha value is -1.52. The van der Waals surface area contributed by atoms with E-state index in [1.54, 1.807) is 0 Å². The highest BCUT2D eigenvalue weighted by atomic mass is 35.7. The molecule has 0 aliphatic carbocycles. The van der Waals surface area contributed by atoms with Crippen LogP contribution in [0.3, 0.4) is 0 Å². The van der Waals surface area contributed by atoms with Gasteiger partial charge >= 0.3 is 0 Å². The highest BCUT2D eigenvalue weighted by molar-refractivity contribution is 8.13. The van der Waals surface area contributed by atoms with Gasteiger partial charge in [-0.15, -0.1) is 0 Å². The second-order valence-corrected chi connectivity index (χ2v) is 7.66. The van der Waals surface area contributed by atoms with Crippen molar-refractivity contribution in [1.82, 2.24) is 0 Å². The van der Waals surface area contributed by atoms with Gasteiger partial charge in [0.05, 0.1) is 0 Å². The molecule has 0 saturated heterocycles. The van der Waals surface area contributed by atoms with Crippen molar-refractivity contribution in [3.05, 3.63) is 58.7 Å². The number of hydrogen-bond acceptors (Lipinski definition) is 3. The van der Waals surface area contributed by atoms with Crippen molar-refractivity contribution in [1.29, 1.82) is 0 Å². The van der Waals surface area contributed by atoms with Crippen LogP contribution >= 0.6 is 10.7 Å². The molecule has 0 aromatic heterocycles. The van der Waals surface area contributed by atoms with E-state index in [9.17, 15) is 8.42 Å². The fourth-order valence-corrected chi connectivity index (χ4v) is 3.35. The first-order chi connectivity index (χ1) is 9.77. The van der Waals surface area contributed by atoms with E-state index in [4.69, 9.17) is 15.4 Å². The summed E-state index contributed by atoms with van der Waals surface area (Å²) >= 11 is 0. The smallest absolute Gasteiger partial charge is 0.265 e. The fourth-order valence-electron chi connectivity index (χ4n) is 2.24. The molecule has 0 bridgehead atoms. The predicted octanol–water partition coefficient (Wildman–Crippen LogP) is 4.12. The summed E-state index contributed by atoms with van der Waals surface area (Å²) in [5.41, 5.74) is 3.69. The SMILES string of the molecule is Cc1cccc(COc2c(C)cc(C)cc2S(=O)(=O)Cl)c1. The van der Waals surface area contributed by atoms with Crippen LogP contribution in [0.25, 0.3) is 0 Å². The molecule has 0 heterocycles. The summed E-state index contributed by atoms with van der Waals surface area (Å²) in [5, 5.41) is 0. The minimum absolute atomic E-state index is 0.0225. The first-order valence-corrected chi connectivity index (χ1v) is 8.82. The molecule has 0 aliphatic heterocycles. The Labute approximate surface area is 129 Å². The number of benzene rings is 2. The molecular weight excluding hydrogens is 308 g/mol. The van der Waals surface area contributed by atoms with Gasteiger partial charge in [-0.3, -0.25) is 0 Å². The highest BCUT2D eigenvalue weighted by Crippen LogP contribution is 2.32. The summed E-state index contributed by atoms with van der Waals surface area (Å²) < 4.78 is 29.1. The van der Waals surface area contributed by atoms with Crippen LogP contribution in [-0.2, 0) is 15.7 Å². The monoisotopic (exact) mass is 324 g/mol. The third-order valence-corrected chi connectivity index (χ3v) is 4.44. The van der Waals surface area contributed by atoms with Crippen molar-refractivity contribution in [2.75, 3.05) is 0 Å². The third-order valence-electron chi connectivity index (χ3n) is 3.11. The average molecular weight is 325 g/mol. The second-order valence-electron chi connectivity index (χ2n) is 5.12. The minimum Gasteiger partial charge on any atom is -0.487 e. The van der Waals surface area contributed by atoms with E-state index in [0.29, 0.717) is 12.4 Å². The number of hydrogen-bond donors (Lipinski definition) is 0. The van der Waals surface area contributed by atoms with Crippen molar-refractivity contribution in [2.45, 2.75) is 32.3 Å². The molecule has 0 atom stereocenters. The molecule has 112 valence electrons. The van der Waals surface area contributed by atoms with Gasteiger partial charge in [-0.25, -0.2) is 8.42 Å². The van der Waals surface area contributed by atoms with Gasteiger partial charge in [0.1, 0.15) is 17.3 Å². The van der Waals surface area contributed by atoms with E-state index < -0.39 is 9.05 Å². The molecule has 0 saturated carbocycles. The van der Waals surface area contributed by atoms with Gasteiger partial charge in [0.15, 0.2) is 0 Å². The summed E-state index contributed by atoms with van der Waals surface area (Å²) in [6, 6.07) is 11.3. The van der Waals surface area contributed by atoms with Crippen LogP contribution in [0.2, 0.25) is 0 Å². The second kappa shape index (κ2) is 6.08. The van der Waals surface area contributed by atoms with E-state index >= 15 is 0 Å². The number of ether oxygens (including phenoxy) is 1. The molecule has 0 unspecified atom stereocenters. The summed E-state index contributed by atoms with van der Waals surface area (Å²) in [5.74, 6) is 0.317. The predicted molar refractivity (Wildman–Crippen MR) is 84.5 cm³/mol. The maximum Gasteiger partial charge on any atom is 0.265 e. The molecule has 2 rings (SSSR count). The van der Waals surface area contributed by atoms with Gasteiger partial charge < -0.3 is 4.74 Å². The van der Waals surface area contributed by atoms with Gasteiger partial charge in [0.2, 0.25) is 0 Å². The fraction of sp³-hybridized carbons (Fsp3) is 0.250. The standard InChI is InChI=1S/C16H17ClO3S/c1-11-5-4-6-14(8-11)10-20-16-13(3)7-12(2)9-15(16)21(17,18)19/h4-9H,10H2,1-3H3.